The molecule has 31 heavy (non-hydrogen) atoms. The summed E-state index contributed by atoms with van der Waals surface area (Å²) in [6.07, 6.45) is 0. The standard InChI is InChI=1S/C24H19N3O4/c1-15(28)25-18-10-12-19(13-11-18)26-22(29)17-8-6-16(7-9-17)14-27-23(30)20-4-2-3-5-21(20)24(27)31/h2-13H,14H2,1H3,(H,25,28)(H,26,29). The number of benzene rings is 3. The molecule has 7 heteroatoms. The predicted molar refractivity (Wildman–Crippen MR) is 116 cm³/mol. The number of hydrogen-bond acceptors (Lipinski definition) is 4. The maximum Gasteiger partial charge on any atom is 0.261 e. The van der Waals surface area contributed by atoms with E-state index in [1.165, 1.54) is 11.8 Å². The van der Waals surface area contributed by atoms with Gasteiger partial charge in [-0.3, -0.25) is 24.1 Å². The van der Waals surface area contributed by atoms with Crippen LogP contribution in [0, 0.1) is 0 Å². The van der Waals surface area contributed by atoms with Crippen LogP contribution in [-0.4, -0.2) is 28.5 Å². The summed E-state index contributed by atoms with van der Waals surface area (Å²) in [7, 11) is 0. The molecule has 0 aliphatic carbocycles. The molecule has 0 spiro atoms. The monoisotopic (exact) mass is 413 g/mol. The van der Waals surface area contributed by atoms with Crippen LogP contribution in [0.4, 0.5) is 11.4 Å². The van der Waals surface area contributed by atoms with Crippen LogP contribution in [0.15, 0.2) is 72.8 Å². The van der Waals surface area contributed by atoms with Crippen LogP contribution < -0.4 is 10.6 Å². The first-order chi connectivity index (χ1) is 14.9. The van der Waals surface area contributed by atoms with Crippen LogP contribution in [0.1, 0.15) is 43.6 Å². The molecule has 0 bridgehead atoms. The third-order valence-electron chi connectivity index (χ3n) is 4.90. The average Bonchev–Trinajstić information content (AvgIpc) is 3.00. The largest absolute Gasteiger partial charge is 0.326 e. The number of amides is 4. The minimum atomic E-state index is -0.315. The zero-order valence-electron chi connectivity index (χ0n) is 16.7. The summed E-state index contributed by atoms with van der Waals surface area (Å²) < 4.78 is 0. The summed E-state index contributed by atoms with van der Waals surface area (Å²) in [4.78, 5) is 49.7. The Morgan fingerprint density at radius 3 is 1.77 bits per heavy atom. The van der Waals surface area contributed by atoms with Crippen molar-refractivity contribution in [3.8, 4) is 0 Å². The van der Waals surface area contributed by atoms with Crippen molar-refractivity contribution < 1.29 is 19.2 Å². The fraction of sp³-hybridized carbons (Fsp3) is 0.0833. The van der Waals surface area contributed by atoms with Crippen LogP contribution in [0.5, 0.6) is 0 Å². The Hall–Kier alpha value is -4.26. The van der Waals surface area contributed by atoms with Crippen molar-refractivity contribution in [1.82, 2.24) is 4.90 Å². The fourth-order valence-corrected chi connectivity index (χ4v) is 3.37. The van der Waals surface area contributed by atoms with Gasteiger partial charge in [-0.15, -0.1) is 0 Å². The summed E-state index contributed by atoms with van der Waals surface area (Å²) in [5.41, 5.74) is 3.24. The van der Waals surface area contributed by atoms with Gasteiger partial charge in [0.05, 0.1) is 17.7 Å². The SMILES string of the molecule is CC(=O)Nc1ccc(NC(=O)c2ccc(CN3C(=O)c4ccccc4C3=O)cc2)cc1. The molecule has 0 atom stereocenters. The summed E-state index contributed by atoms with van der Waals surface area (Å²) in [5.74, 6) is -1.09. The summed E-state index contributed by atoms with van der Waals surface area (Å²) >= 11 is 0. The lowest BCUT2D eigenvalue weighted by atomic mass is 10.1. The van der Waals surface area contributed by atoms with Crippen LogP contribution in [0.2, 0.25) is 0 Å². The van der Waals surface area contributed by atoms with Gasteiger partial charge in [0, 0.05) is 23.9 Å². The number of anilines is 2. The zero-order valence-corrected chi connectivity index (χ0v) is 16.7. The van der Waals surface area contributed by atoms with Gasteiger partial charge in [0.25, 0.3) is 17.7 Å². The van der Waals surface area contributed by atoms with E-state index in [0.29, 0.717) is 28.1 Å². The topological polar surface area (TPSA) is 95.6 Å². The molecule has 0 fully saturated rings. The molecule has 4 amide bonds. The van der Waals surface area contributed by atoms with Gasteiger partial charge in [0.15, 0.2) is 0 Å². The predicted octanol–water partition coefficient (Wildman–Crippen LogP) is 3.69. The van der Waals surface area contributed by atoms with E-state index in [2.05, 4.69) is 10.6 Å². The molecule has 0 aromatic heterocycles. The second-order valence-corrected chi connectivity index (χ2v) is 7.15. The zero-order chi connectivity index (χ0) is 22.0. The number of nitrogens with zero attached hydrogens (tertiary/aromatic N) is 1. The van der Waals surface area contributed by atoms with Crippen LogP contribution >= 0.6 is 0 Å². The number of rotatable bonds is 5. The maximum absolute atomic E-state index is 12.5. The molecule has 4 rings (SSSR count). The minimum Gasteiger partial charge on any atom is -0.326 e. The van der Waals surface area contributed by atoms with Gasteiger partial charge in [-0.1, -0.05) is 24.3 Å². The summed E-state index contributed by atoms with van der Waals surface area (Å²) in [6.45, 7) is 1.56. The molecular formula is C24H19N3O4. The molecule has 1 aliphatic heterocycles. The van der Waals surface area contributed by atoms with Gasteiger partial charge in [-0.05, 0) is 54.1 Å². The van der Waals surface area contributed by atoms with Crippen molar-refractivity contribution in [1.29, 1.82) is 0 Å². The van der Waals surface area contributed by atoms with Crippen LogP contribution in [-0.2, 0) is 11.3 Å². The normalized spacial score (nSPS) is 12.5. The van der Waals surface area contributed by atoms with E-state index in [1.807, 2.05) is 0 Å². The highest BCUT2D eigenvalue weighted by Gasteiger charge is 2.34. The third kappa shape index (κ3) is 4.20. The van der Waals surface area contributed by atoms with Gasteiger partial charge in [-0.2, -0.15) is 0 Å². The van der Waals surface area contributed by atoms with Gasteiger partial charge in [0.2, 0.25) is 5.91 Å². The quantitative estimate of drug-likeness (QED) is 0.624. The number of carbonyl (C=O) groups excluding carboxylic acids is 4. The van der Waals surface area contributed by atoms with Crippen molar-refractivity contribution in [2.45, 2.75) is 13.5 Å². The molecule has 0 saturated carbocycles. The first kappa shape index (κ1) is 20.0. The number of nitrogens with one attached hydrogen (secondary N) is 2. The van der Waals surface area contributed by atoms with Crippen molar-refractivity contribution >= 4 is 35.0 Å². The Morgan fingerprint density at radius 1 is 0.742 bits per heavy atom. The highest BCUT2D eigenvalue weighted by atomic mass is 16.2. The first-order valence-corrected chi connectivity index (χ1v) is 9.65. The molecule has 1 heterocycles. The lowest BCUT2D eigenvalue weighted by Gasteiger charge is -2.14. The highest BCUT2D eigenvalue weighted by Crippen LogP contribution is 2.24. The lowest BCUT2D eigenvalue weighted by molar-refractivity contribution is -0.114. The maximum atomic E-state index is 12.5. The second kappa shape index (κ2) is 8.23. The van der Waals surface area contributed by atoms with E-state index in [9.17, 15) is 19.2 Å². The molecule has 0 radical (unpaired) electrons. The third-order valence-corrected chi connectivity index (χ3v) is 4.90. The molecule has 3 aromatic rings. The van der Waals surface area contributed by atoms with Crippen molar-refractivity contribution in [2.75, 3.05) is 10.6 Å². The van der Waals surface area contributed by atoms with E-state index >= 15 is 0 Å². The van der Waals surface area contributed by atoms with E-state index in [-0.39, 0.29) is 30.2 Å². The minimum absolute atomic E-state index is 0.138. The van der Waals surface area contributed by atoms with E-state index in [0.717, 1.165) is 5.56 Å². The number of hydrogen-bond donors (Lipinski definition) is 2. The fourth-order valence-electron chi connectivity index (χ4n) is 3.37. The molecule has 0 saturated heterocycles. The van der Waals surface area contributed by atoms with Gasteiger partial charge < -0.3 is 10.6 Å². The molecule has 2 N–H and O–H groups in total. The Labute approximate surface area is 178 Å². The van der Waals surface area contributed by atoms with Crippen LogP contribution in [0.3, 0.4) is 0 Å². The van der Waals surface area contributed by atoms with E-state index in [1.54, 1.807) is 72.8 Å². The van der Waals surface area contributed by atoms with Crippen LogP contribution in [0.25, 0.3) is 0 Å². The first-order valence-electron chi connectivity index (χ1n) is 9.65. The number of imide groups is 1. The Bertz CT molecular complexity index is 1150. The van der Waals surface area contributed by atoms with E-state index in [4.69, 9.17) is 0 Å². The average molecular weight is 413 g/mol. The van der Waals surface area contributed by atoms with Gasteiger partial charge in [0.1, 0.15) is 0 Å². The summed E-state index contributed by atoms with van der Waals surface area (Å²) in [5, 5.41) is 5.45. The molecule has 1 aliphatic rings. The molecule has 0 unspecified atom stereocenters. The van der Waals surface area contributed by atoms with Gasteiger partial charge >= 0.3 is 0 Å². The van der Waals surface area contributed by atoms with Crippen molar-refractivity contribution in [3.05, 3.63) is 95.1 Å². The van der Waals surface area contributed by atoms with E-state index < -0.39 is 0 Å². The molecule has 154 valence electrons. The Balaban J connectivity index is 1.40. The smallest absolute Gasteiger partial charge is 0.261 e. The summed E-state index contributed by atoms with van der Waals surface area (Å²) in [6, 6.07) is 20.3. The Morgan fingerprint density at radius 2 is 1.26 bits per heavy atom. The number of carbonyl (C=O) groups is 4. The highest BCUT2D eigenvalue weighted by molar-refractivity contribution is 6.21. The molecular weight excluding hydrogens is 394 g/mol. The van der Waals surface area contributed by atoms with Crippen molar-refractivity contribution in [2.24, 2.45) is 0 Å². The Kier molecular flexibility index (Phi) is 5.32. The lowest BCUT2D eigenvalue weighted by Crippen LogP contribution is -2.29. The molecule has 3 aromatic carbocycles. The van der Waals surface area contributed by atoms with Gasteiger partial charge in [-0.25, -0.2) is 0 Å². The second-order valence-electron chi connectivity index (χ2n) is 7.15. The molecule has 7 nitrogen and oxygen atoms in total. The van der Waals surface area contributed by atoms with Crippen molar-refractivity contribution in [3.63, 3.8) is 0 Å². The number of fused-ring (bicyclic) bond motifs is 1.